The number of fused-ring (bicyclic) bond motifs is 3. The Morgan fingerprint density at radius 2 is 1.76 bits per heavy atom. The highest BCUT2D eigenvalue weighted by Crippen LogP contribution is 2.49. The van der Waals surface area contributed by atoms with Gasteiger partial charge in [-0.15, -0.1) is 12.4 Å². The van der Waals surface area contributed by atoms with Gasteiger partial charge < -0.3 is 20.9 Å². The van der Waals surface area contributed by atoms with Gasteiger partial charge in [0.1, 0.15) is 5.60 Å². The van der Waals surface area contributed by atoms with Crippen molar-refractivity contribution in [3.8, 4) is 11.1 Å². The van der Waals surface area contributed by atoms with E-state index in [9.17, 15) is 4.79 Å². The van der Waals surface area contributed by atoms with Crippen molar-refractivity contribution in [3.05, 3.63) is 59.2 Å². The summed E-state index contributed by atoms with van der Waals surface area (Å²) in [4.78, 5) is 15.8. The van der Waals surface area contributed by atoms with Gasteiger partial charge in [0.2, 0.25) is 0 Å². The molecular formula is C18H20ClN3O3. The summed E-state index contributed by atoms with van der Waals surface area (Å²) < 4.78 is 11.3. The molecule has 0 saturated heterocycles. The molecule has 6 nitrogen and oxygen atoms in total. The van der Waals surface area contributed by atoms with Gasteiger partial charge in [-0.05, 0) is 34.4 Å². The van der Waals surface area contributed by atoms with E-state index in [1.54, 1.807) is 26.4 Å². The second-order valence-corrected chi connectivity index (χ2v) is 5.61. The Balaban J connectivity index is 0.00000225. The molecule has 2 aromatic rings. The number of hydrogen-bond acceptors (Lipinski definition) is 3. The van der Waals surface area contributed by atoms with Gasteiger partial charge in [-0.3, -0.25) is 4.79 Å². The Labute approximate surface area is 152 Å². The maximum Gasteiger partial charge on any atom is 0.280 e. The van der Waals surface area contributed by atoms with Gasteiger partial charge in [0.25, 0.3) is 5.91 Å². The van der Waals surface area contributed by atoms with Crippen LogP contribution >= 0.6 is 12.4 Å². The summed E-state index contributed by atoms with van der Waals surface area (Å²) in [5, 5.41) is 0. The van der Waals surface area contributed by atoms with Crippen molar-refractivity contribution in [2.75, 3.05) is 20.8 Å². The minimum absolute atomic E-state index is 0. The number of rotatable bonds is 4. The number of hydrogen-bond donors (Lipinski definition) is 2. The molecule has 4 N–H and O–H groups in total. The summed E-state index contributed by atoms with van der Waals surface area (Å²) in [5.74, 6) is -0.755. The lowest BCUT2D eigenvalue weighted by molar-refractivity contribution is -0.0357. The van der Waals surface area contributed by atoms with Crippen LogP contribution in [-0.4, -0.2) is 32.7 Å². The lowest BCUT2D eigenvalue weighted by Crippen LogP contribution is -2.33. The van der Waals surface area contributed by atoms with Gasteiger partial charge in [-0.25, -0.2) is 0 Å². The van der Waals surface area contributed by atoms with Crippen LogP contribution in [0.25, 0.3) is 11.1 Å². The van der Waals surface area contributed by atoms with E-state index in [-0.39, 0.29) is 18.4 Å². The molecule has 3 rings (SSSR count). The van der Waals surface area contributed by atoms with Crippen LogP contribution in [0.3, 0.4) is 0 Å². The van der Waals surface area contributed by atoms with E-state index in [1.807, 2.05) is 30.3 Å². The average Bonchev–Trinajstić information content (AvgIpc) is 2.85. The Kier molecular flexibility index (Phi) is 5.47. The molecule has 1 aliphatic rings. The molecule has 132 valence electrons. The number of nitrogens with two attached hydrogens (primary N) is 2. The predicted molar refractivity (Wildman–Crippen MR) is 98.9 cm³/mol. The van der Waals surface area contributed by atoms with Crippen molar-refractivity contribution in [3.63, 3.8) is 0 Å². The highest BCUT2D eigenvalue weighted by atomic mass is 35.5. The molecule has 1 aliphatic carbocycles. The Bertz CT molecular complexity index is 834. The second kappa shape index (κ2) is 7.23. The maximum absolute atomic E-state index is 12.2. The van der Waals surface area contributed by atoms with Crippen LogP contribution in [0.4, 0.5) is 0 Å². The lowest BCUT2D eigenvalue weighted by Gasteiger charge is -2.29. The zero-order chi connectivity index (χ0) is 17.3. The molecular weight excluding hydrogens is 342 g/mol. The van der Waals surface area contributed by atoms with Gasteiger partial charge in [-0.1, -0.05) is 30.3 Å². The monoisotopic (exact) mass is 361 g/mol. The van der Waals surface area contributed by atoms with Crippen molar-refractivity contribution in [2.45, 2.75) is 5.60 Å². The van der Waals surface area contributed by atoms with Crippen molar-refractivity contribution >= 4 is 24.3 Å². The standard InChI is InChI=1S/C18H19N3O3.ClH/c1-23-10-18(24-2)14-6-4-3-5-12(14)13-8-7-11(9-15(13)18)16(22)21-17(19)20;/h3-9H,10H2,1-2H3,(H4,19,20,21,22);1H. The first-order valence-electron chi connectivity index (χ1n) is 7.46. The molecule has 1 atom stereocenters. The SMILES string of the molecule is COCC1(OC)c2ccccc2-c2ccc(C(=O)N=C(N)N)cc21.Cl. The molecule has 25 heavy (non-hydrogen) atoms. The molecule has 0 heterocycles. The molecule has 0 saturated carbocycles. The average molecular weight is 362 g/mol. The molecule has 1 amide bonds. The van der Waals surface area contributed by atoms with Gasteiger partial charge in [0, 0.05) is 19.8 Å². The molecule has 0 bridgehead atoms. The molecule has 7 heteroatoms. The molecule has 2 aromatic carbocycles. The van der Waals surface area contributed by atoms with Crippen molar-refractivity contribution in [2.24, 2.45) is 16.5 Å². The Morgan fingerprint density at radius 1 is 1.08 bits per heavy atom. The summed E-state index contributed by atoms with van der Waals surface area (Å²) in [6.45, 7) is 0.327. The number of carbonyl (C=O) groups is 1. The molecule has 0 aliphatic heterocycles. The minimum atomic E-state index is -0.769. The van der Waals surface area contributed by atoms with E-state index in [1.165, 1.54) is 0 Å². The third-order valence-electron chi connectivity index (χ3n) is 4.28. The molecule has 1 unspecified atom stereocenters. The zero-order valence-corrected chi connectivity index (χ0v) is 14.8. The van der Waals surface area contributed by atoms with Crippen molar-refractivity contribution in [1.29, 1.82) is 0 Å². The fourth-order valence-electron chi connectivity index (χ4n) is 3.28. The minimum Gasteiger partial charge on any atom is -0.381 e. The van der Waals surface area contributed by atoms with Crippen LogP contribution in [0, 0.1) is 0 Å². The van der Waals surface area contributed by atoms with Crippen LogP contribution < -0.4 is 11.5 Å². The highest BCUT2D eigenvalue weighted by Gasteiger charge is 2.44. The van der Waals surface area contributed by atoms with E-state index < -0.39 is 11.5 Å². The van der Waals surface area contributed by atoms with Crippen molar-refractivity contribution in [1.82, 2.24) is 0 Å². The quantitative estimate of drug-likeness (QED) is 0.641. The van der Waals surface area contributed by atoms with E-state index in [2.05, 4.69) is 4.99 Å². The largest absolute Gasteiger partial charge is 0.381 e. The number of amides is 1. The third-order valence-corrected chi connectivity index (χ3v) is 4.28. The zero-order valence-electron chi connectivity index (χ0n) is 14.0. The number of halogens is 1. The fraction of sp³-hybridized carbons (Fsp3) is 0.222. The number of carbonyl (C=O) groups excluding carboxylic acids is 1. The van der Waals surface area contributed by atoms with Crippen molar-refractivity contribution < 1.29 is 14.3 Å². The number of ether oxygens (including phenoxy) is 2. The summed E-state index contributed by atoms with van der Waals surface area (Å²) in [6, 6.07) is 13.3. The van der Waals surface area contributed by atoms with E-state index in [0.717, 1.165) is 22.3 Å². The van der Waals surface area contributed by atoms with Gasteiger partial charge >= 0.3 is 0 Å². The Hall–Kier alpha value is -2.41. The first-order valence-corrected chi connectivity index (χ1v) is 7.46. The first kappa shape index (κ1) is 18.9. The summed E-state index contributed by atoms with van der Waals surface area (Å²) in [5.41, 5.74) is 14.2. The van der Waals surface area contributed by atoms with E-state index in [0.29, 0.717) is 12.2 Å². The topological polar surface area (TPSA) is 99.9 Å². The van der Waals surface area contributed by atoms with Crippen LogP contribution in [0.5, 0.6) is 0 Å². The number of benzene rings is 2. The number of methoxy groups -OCH3 is 2. The normalized spacial score (nSPS) is 17.2. The van der Waals surface area contributed by atoms with Gasteiger partial charge in [-0.2, -0.15) is 4.99 Å². The Morgan fingerprint density at radius 3 is 2.40 bits per heavy atom. The lowest BCUT2D eigenvalue weighted by atomic mass is 9.91. The van der Waals surface area contributed by atoms with Crippen LogP contribution in [0.2, 0.25) is 0 Å². The molecule has 0 radical (unpaired) electrons. The van der Waals surface area contributed by atoms with Crippen LogP contribution in [0.1, 0.15) is 21.5 Å². The second-order valence-electron chi connectivity index (χ2n) is 5.61. The van der Waals surface area contributed by atoms with E-state index in [4.69, 9.17) is 20.9 Å². The molecule has 0 aromatic heterocycles. The molecule has 0 fully saturated rings. The number of guanidine groups is 1. The number of nitrogens with zero attached hydrogens (tertiary/aromatic N) is 1. The first-order chi connectivity index (χ1) is 11.5. The summed E-state index contributed by atoms with van der Waals surface area (Å²) >= 11 is 0. The smallest absolute Gasteiger partial charge is 0.280 e. The summed E-state index contributed by atoms with van der Waals surface area (Å²) in [6.07, 6.45) is 0. The number of aliphatic imine (C=N–C) groups is 1. The van der Waals surface area contributed by atoms with Gasteiger partial charge in [0.15, 0.2) is 5.96 Å². The predicted octanol–water partition coefficient (Wildman–Crippen LogP) is 2.04. The fourth-order valence-corrected chi connectivity index (χ4v) is 3.28. The maximum atomic E-state index is 12.2. The van der Waals surface area contributed by atoms with Crippen LogP contribution in [-0.2, 0) is 15.1 Å². The van der Waals surface area contributed by atoms with Crippen LogP contribution in [0.15, 0.2) is 47.5 Å². The molecule has 0 spiro atoms. The van der Waals surface area contributed by atoms with Gasteiger partial charge in [0.05, 0.1) is 6.61 Å². The third kappa shape index (κ3) is 3.00. The summed E-state index contributed by atoms with van der Waals surface area (Å²) in [7, 11) is 3.26. The van der Waals surface area contributed by atoms with E-state index >= 15 is 0 Å². The highest BCUT2D eigenvalue weighted by molar-refractivity contribution is 6.02.